The quantitative estimate of drug-likeness (QED) is 0.764. The van der Waals surface area contributed by atoms with Gasteiger partial charge in [0.1, 0.15) is 5.82 Å². The third-order valence-corrected chi connectivity index (χ3v) is 2.30. The molecule has 2 heterocycles. The van der Waals surface area contributed by atoms with Gasteiger partial charge in [0, 0.05) is 22.7 Å². The number of nitrogen functional groups attached to an aromatic ring is 1. The second-order valence-corrected chi connectivity index (χ2v) is 3.65. The smallest absolute Gasteiger partial charge is 0.328 e. The second-order valence-electron chi connectivity index (χ2n) is 3.65. The zero-order valence-corrected chi connectivity index (χ0v) is 9.21. The van der Waals surface area contributed by atoms with Gasteiger partial charge in [-0.25, -0.2) is 9.78 Å². The Labute approximate surface area is 97.6 Å². The molecule has 0 spiro atoms. The number of aromatic nitrogens is 2. The van der Waals surface area contributed by atoms with Gasteiger partial charge in [0.05, 0.1) is 11.7 Å². The highest BCUT2D eigenvalue weighted by Crippen LogP contribution is 2.19. The number of aryl methyl sites for hydroxylation is 1. The van der Waals surface area contributed by atoms with E-state index in [1.165, 1.54) is 6.08 Å². The lowest BCUT2D eigenvalue weighted by Crippen LogP contribution is -1.96. The first-order valence-corrected chi connectivity index (χ1v) is 5.00. The van der Waals surface area contributed by atoms with Crippen LogP contribution in [0.3, 0.4) is 0 Å². The minimum Gasteiger partial charge on any atom is -0.478 e. The molecule has 3 N–H and O–H groups in total. The van der Waals surface area contributed by atoms with Crippen molar-refractivity contribution in [1.29, 1.82) is 0 Å². The Morgan fingerprint density at radius 2 is 2.24 bits per heavy atom. The van der Waals surface area contributed by atoms with Crippen molar-refractivity contribution in [3.8, 4) is 0 Å². The summed E-state index contributed by atoms with van der Waals surface area (Å²) >= 11 is 0. The highest BCUT2D eigenvalue weighted by molar-refractivity contribution is 5.89. The maximum atomic E-state index is 10.4. The minimum atomic E-state index is -1.02. The van der Waals surface area contributed by atoms with Gasteiger partial charge in [-0.1, -0.05) is 0 Å². The van der Waals surface area contributed by atoms with Crippen molar-refractivity contribution in [3.05, 3.63) is 35.7 Å². The Hall–Kier alpha value is -2.43. The van der Waals surface area contributed by atoms with Crippen LogP contribution < -0.4 is 5.73 Å². The number of carbonyl (C=O) groups is 1. The van der Waals surface area contributed by atoms with Crippen LogP contribution in [0.2, 0.25) is 0 Å². The van der Waals surface area contributed by atoms with E-state index < -0.39 is 5.97 Å². The predicted molar refractivity (Wildman–Crippen MR) is 65.4 cm³/mol. The fourth-order valence-corrected chi connectivity index (χ4v) is 1.51. The summed E-state index contributed by atoms with van der Waals surface area (Å²) in [6, 6.07) is 3.67. The van der Waals surface area contributed by atoms with E-state index in [4.69, 9.17) is 10.8 Å². The van der Waals surface area contributed by atoms with Gasteiger partial charge in [-0.2, -0.15) is 0 Å². The Bertz CT molecular complexity index is 620. The average Bonchev–Trinajstić information content (AvgIpc) is 2.26. The molecule has 0 saturated heterocycles. The minimum absolute atomic E-state index is 0.292. The summed E-state index contributed by atoms with van der Waals surface area (Å²) in [6.07, 6.45) is 4.11. The molecule has 2 aromatic heterocycles. The van der Waals surface area contributed by atoms with Gasteiger partial charge < -0.3 is 10.8 Å². The van der Waals surface area contributed by atoms with Crippen LogP contribution in [0.25, 0.3) is 17.0 Å². The molecule has 0 fully saturated rings. The molecule has 5 nitrogen and oxygen atoms in total. The zero-order valence-electron chi connectivity index (χ0n) is 9.21. The number of aliphatic carboxylic acids is 1. The first-order chi connectivity index (χ1) is 8.06. The number of fused-ring (bicyclic) bond motifs is 1. The largest absolute Gasteiger partial charge is 0.478 e. The lowest BCUT2D eigenvalue weighted by molar-refractivity contribution is -0.131. The van der Waals surface area contributed by atoms with Crippen LogP contribution in [-0.2, 0) is 4.79 Å². The summed E-state index contributed by atoms with van der Waals surface area (Å²) in [4.78, 5) is 18.7. The Morgan fingerprint density at radius 3 is 2.94 bits per heavy atom. The van der Waals surface area contributed by atoms with Gasteiger partial charge in [-0.3, -0.25) is 4.98 Å². The van der Waals surface area contributed by atoms with Crippen molar-refractivity contribution in [3.63, 3.8) is 0 Å². The van der Waals surface area contributed by atoms with Crippen molar-refractivity contribution >= 4 is 28.8 Å². The van der Waals surface area contributed by atoms with Crippen LogP contribution in [0.15, 0.2) is 24.4 Å². The van der Waals surface area contributed by atoms with Crippen molar-refractivity contribution in [2.45, 2.75) is 6.92 Å². The topological polar surface area (TPSA) is 89.1 Å². The Kier molecular flexibility index (Phi) is 2.74. The summed E-state index contributed by atoms with van der Waals surface area (Å²) in [6.45, 7) is 1.88. The maximum Gasteiger partial charge on any atom is 0.328 e. The van der Waals surface area contributed by atoms with Gasteiger partial charge in [0.15, 0.2) is 0 Å². The van der Waals surface area contributed by atoms with E-state index in [1.54, 1.807) is 12.3 Å². The van der Waals surface area contributed by atoms with Crippen molar-refractivity contribution in [2.24, 2.45) is 0 Å². The molecule has 0 aliphatic rings. The molecule has 0 amide bonds. The lowest BCUT2D eigenvalue weighted by atomic mass is 10.1. The van der Waals surface area contributed by atoms with Crippen molar-refractivity contribution < 1.29 is 9.90 Å². The molecule has 5 heteroatoms. The third kappa shape index (κ3) is 2.39. The molecule has 0 aromatic carbocycles. The maximum absolute atomic E-state index is 10.4. The molecule has 17 heavy (non-hydrogen) atoms. The number of carboxylic acid groups (broad SMARTS) is 1. The molecule has 0 radical (unpaired) electrons. The van der Waals surface area contributed by atoms with E-state index in [-0.39, 0.29) is 0 Å². The standard InChI is InChI=1S/C12H11N3O2/c1-7-4-9-5-8(2-3-11(16)17)12(13)15-10(9)6-14-7/h2-6H,1H3,(H2,13,15)(H,16,17)/b3-2+. The molecule has 0 aliphatic carbocycles. The molecular weight excluding hydrogens is 218 g/mol. The number of pyridine rings is 2. The Balaban J connectivity index is 2.57. The SMILES string of the molecule is Cc1cc2cc(/C=C/C(=O)O)c(N)nc2cn1. The molecule has 0 saturated carbocycles. The van der Waals surface area contributed by atoms with Crippen LogP contribution in [0.4, 0.5) is 5.82 Å². The van der Waals surface area contributed by atoms with Crippen molar-refractivity contribution in [2.75, 3.05) is 5.73 Å². The fraction of sp³-hybridized carbons (Fsp3) is 0.0833. The molecule has 0 bridgehead atoms. The number of hydrogen-bond acceptors (Lipinski definition) is 4. The lowest BCUT2D eigenvalue weighted by Gasteiger charge is -2.03. The predicted octanol–water partition coefficient (Wildman–Crippen LogP) is 1.62. The van der Waals surface area contributed by atoms with E-state index in [9.17, 15) is 4.79 Å². The molecule has 86 valence electrons. The number of nitrogens with two attached hydrogens (primary N) is 1. The normalized spacial score (nSPS) is 11.1. The first kappa shape index (κ1) is 11.1. The van der Waals surface area contributed by atoms with Crippen molar-refractivity contribution in [1.82, 2.24) is 9.97 Å². The summed E-state index contributed by atoms with van der Waals surface area (Å²) in [5.74, 6) is -0.726. The van der Waals surface area contributed by atoms with E-state index in [0.717, 1.165) is 17.2 Å². The number of carboxylic acids is 1. The van der Waals surface area contributed by atoms with E-state index in [2.05, 4.69) is 9.97 Å². The average molecular weight is 229 g/mol. The van der Waals surface area contributed by atoms with E-state index in [1.807, 2.05) is 13.0 Å². The molecule has 0 atom stereocenters. The van der Waals surface area contributed by atoms with Gasteiger partial charge in [-0.15, -0.1) is 0 Å². The van der Waals surface area contributed by atoms with Gasteiger partial charge in [0.2, 0.25) is 0 Å². The van der Waals surface area contributed by atoms with Crippen LogP contribution in [0.1, 0.15) is 11.3 Å². The summed E-state index contributed by atoms with van der Waals surface area (Å²) in [7, 11) is 0. The molecule has 0 aliphatic heterocycles. The second kappa shape index (κ2) is 4.21. The molecule has 2 aromatic rings. The monoisotopic (exact) mass is 229 g/mol. The zero-order chi connectivity index (χ0) is 12.4. The number of nitrogens with zero attached hydrogens (tertiary/aromatic N) is 2. The highest BCUT2D eigenvalue weighted by atomic mass is 16.4. The third-order valence-electron chi connectivity index (χ3n) is 2.30. The fourth-order valence-electron chi connectivity index (χ4n) is 1.51. The van der Waals surface area contributed by atoms with E-state index in [0.29, 0.717) is 16.9 Å². The number of rotatable bonds is 2. The van der Waals surface area contributed by atoms with Crippen LogP contribution in [0.5, 0.6) is 0 Å². The number of hydrogen-bond donors (Lipinski definition) is 2. The van der Waals surface area contributed by atoms with Crippen LogP contribution >= 0.6 is 0 Å². The molecular formula is C12H11N3O2. The number of anilines is 1. The van der Waals surface area contributed by atoms with Gasteiger partial charge in [0.25, 0.3) is 0 Å². The first-order valence-electron chi connectivity index (χ1n) is 5.00. The summed E-state index contributed by atoms with van der Waals surface area (Å²) < 4.78 is 0. The van der Waals surface area contributed by atoms with Gasteiger partial charge in [-0.05, 0) is 25.1 Å². The van der Waals surface area contributed by atoms with Crippen LogP contribution in [0, 0.1) is 6.92 Å². The molecule has 0 unspecified atom stereocenters. The van der Waals surface area contributed by atoms with Gasteiger partial charge >= 0.3 is 5.97 Å². The highest BCUT2D eigenvalue weighted by Gasteiger charge is 2.02. The summed E-state index contributed by atoms with van der Waals surface area (Å²) in [5, 5.41) is 9.45. The van der Waals surface area contributed by atoms with Crippen LogP contribution in [-0.4, -0.2) is 21.0 Å². The summed E-state index contributed by atoms with van der Waals surface area (Å²) in [5.41, 5.74) is 7.88. The van der Waals surface area contributed by atoms with E-state index >= 15 is 0 Å². The Morgan fingerprint density at radius 1 is 1.47 bits per heavy atom. The molecule has 2 rings (SSSR count).